The first-order valence-electron chi connectivity index (χ1n) is 8.51. The van der Waals surface area contributed by atoms with Crippen LogP contribution in [0.15, 0.2) is 24.3 Å². The number of benzene rings is 1. The average Bonchev–Trinajstić information content (AvgIpc) is 3.18. The van der Waals surface area contributed by atoms with E-state index in [0.717, 1.165) is 31.4 Å². The van der Waals surface area contributed by atoms with E-state index in [-0.39, 0.29) is 12.4 Å². The third-order valence-electron chi connectivity index (χ3n) is 4.55. The molecule has 3 rings (SSSR count). The van der Waals surface area contributed by atoms with Crippen LogP contribution in [0, 0.1) is 5.92 Å². The minimum atomic E-state index is 0. The fourth-order valence-electron chi connectivity index (χ4n) is 3.05. The standard InChI is InChI=1S/C18H28N2O.ClH/c1-2-11-20(17-9-10-19-12-17)13-15-5-7-18(8-6-15)21-14-16-3-4-16;/h5-8,16-17,19H,2-4,9-14H2,1H3;1H. The fraction of sp³-hybridized carbons (Fsp3) is 0.667. The Morgan fingerprint density at radius 3 is 2.55 bits per heavy atom. The van der Waals surface area contributed by atoms with Gasteiger partial charge in [-0.25, -0.2) is 0 Å². The van der Waals surface area contributed by atoms with Gasteiger partial charge in [-0.3, -0.25) is 4.90 Å². The Balaban J connectivity index is 0.00000176. The van der Waals surface area contributed by atoms with Crippen molar-refractivity contribution in [2.45, 2.75) is 45.2 Å². The Morgan fingerprint density at radius 2 is 1.95 bits per heavy atom. The van der Waals surface area contributed by atoms with Gasteiger partial charge in [-0.15, -0.1) is 12.4 Å². The molecule has 0 radical (unpaired) electrons. The van der Waals surface area contributed by atoms with Gasteiger partial charge in [0.1, 0.15) is 5.75 Å². The number of hydrogen-bond acceptors (Lipinski definition) is 3. The van der Waals surface area contributed by atoms with Gasteiger partial charge in [-0.1, -0.05) is 19.1 Å². The molecule has 1 saturated heterocycles. The maximum absolute atomic E-state index is 5.81. The highest BCUT2D eigenvalue weighted by Crippen LogP contribution is 2.29. The lowest BCUT2D eigenvalue weighted by atomic mass is 10.1. The summed E-state index contributed by atoms with van der Waals surface area (Å²) in [7, 11) is 0. The van der Waals surface area contributed by atoms with Gasteiger partial charge in [0.15, 0.2) is 0 Å². The van der Waals surface area contributed by atoms with Gasteiger partial charge in [0.25, 0.3) is 0 Å². The average molecular weight is 325 g/mol. The van der Waals surface area contributed by atoms with E-state index in [1.54, 1.807) is 0 Å². The molecule has 1 aromatic rings. The highest BCUT2D eigenvalue weighted by molar-refractivity contribution is 5.85. The number of nitrogens with one attached hydrogen (secondary N) is 1. The summed E-state index contributed by atoms with van der Waals surface area (Å²) in [6, 6.07) is 9.43. The molecule has 0 amide bonds. The van der Waals surface area contributed by atoms with Gasteiger partial charge in [0.05, 0.1) is 6.61 Å². The maximum atomic E-state index is 5.81. The van der Waals surface area contributed by atoms with Gasteiger partial charge >= 0.3 is 0 Å². The molecular formula is C18H29ClN2O. The fourth-order valence-corrected chi connectivity index (χ4v) is 3.05. The molecule has 1 aliphatic heterocycles. The molecule has 1 saturated carbocycles. The smallest absolute Gasteiger partial charge is 0.119 e. The molecule has 22 heavy (non-hydrogen) atoms. The summed E-state index contributed by atoms with van der Waals surface area (Å²) in [4.78, 5) is 2.63. The lowest BCUT2D eigenvalue weighted by Crippen LogP contribution is -2.36. The number of nitrogens with zero attached hydrogens (tertiary/aromatic N) is 1. The van der Waals surface area contributed by atoms with Crippen LogP contribution in [0.2, 0.25) is 0 Å². The molecular weight excluding hydrogens is 296 g/mol. The molecule has 1 heterocycles. The van der Waals surface area contributed by atoms with E-state index in [0.29, 0.717) is 6.04 Å². The third kappa shape index (κ3) is 5.15. The summed E-state index contributed by atoms with van der Waals surface area (Å²) < 4.78 is 5.81. The minimum Gasteiger partial charge on any atom is -0.493 e. The third-order valence-corrected chi connectivity index (χ3v) is 4.55. The van der Waals surface area contributed by atoms with Crippen LogP contribution in [0.4, 0.5) is 0 Å². The topological polar surface area (TPSA) is 24.5 Å². The Hall–Kier alpha value is -0.770. The van der Waals surface area contributed by atoms with Gasteiger partial charge in [0, 0.05) is 19.1 Å². The molecule has 3 nitrogen and oxygen atoms in total. The SMILES string of the molecule is CCCN(Cc1ccc(OCC2CC2)cc1)C1CCNC1.Cl. The van der Waals surface area contributed by atoms with Gasteiger partial charge in [-0.05, 0) is 62.4 Å². The van der Waals surface area contributed by atoms with Crippen molar-refractivity contribution >= 4 is 12.4 Å². The molecule has 1 unspecified atom stereocenters. The van der Waals surface area contributed by atoms with E-state index in [2.05, 4.69) is 41.4 Å². The van der Waals surface area contributed by atoms with Crippen LogP contribution < -0.4 is 10.1 Å². The Bertz CT molecular complexity index is 427. The molecule has 0 spiro atoms. The van der Waals surface area contributed by atoms with E-state index in [1.165, 1.54) is 44.3 Å². The summed E-state index contributed by atoms with van der Waals surface area (Å²) in [5, 5.41) is 3.48. The van der Waals surface area contributed by atoms with Crippen molar-refractivity contribution in [1.29, 1.82) is 0 Å². The highest BCUT2D eigenvalue weighted by atomic mass is 35.5. The first-order valence-corrected chi connectivity index (χ1v) is 8.51. The van der Waals surface area contributed by atoms with Crippen molar-refractivity contribution in [3.05, 3.63) is 29.8 Å². The molecule has 1 N–H and O–H groups in total. The van der Waals surface area contributed by atoms with Gasteiger partial charge in [-0.2, -0.15) is 0 Å². The summed E-state index contributed by atoms with van der Waals surface area (Å²) in [6.07, 6.45) is 5.20. The second kappa shape index (κ2) is 8.76. The highest BCUT2D eigenvalue weighted by Gasteiger charge is 2.22. The molecule has 2 aliphatic rings. The van der Waals surface area contributed by atoms with Crippen LogP contribution in [-0.4, -0.2) is 37.2 Å². The normalized spacial score (nSPS) is 20.9. The minimum absolute atomic E-state index is 0. The summed E-state index contributed by atoms with van der Waals surface area (Å²) in [6.45, 7) is 7.72. The Kier molecular flexibility index (Phi) is 7.00. The predicted molar refractivity (Wildman–Crippen MR) is 93.9 cm³/mol. The zero-order chi connectivity index (χ0) is 14.5. The molecule has 1 aliphatic carbocycles. The Labute approximate surface area is 140 Å². The maximum Gasteiger partial charge on any atom is 0.119 e. The second-order valence-electron chi connectivity index (χ2n) is 6.52. The van der Waals surface area contributed by atoms with Crippen molar-refractivity contribution in [3.8, 4) is 5.75 Å². The molecule has 124 valence electrons. The molecule has 2 fully saturated rings. The number of ether oxygens (including phenoxy) is 1. The van der Waals surface area contributed by atoms with E-state index < -0.39 is 0 Å². The van der Waals surface area contributed by atoms with Crippen molar-refractivity contribution in [3.63, 3.8) is 0 Å². The van der Waals surface area contributed by atoms with E-state index >= 15 is 0 Å². The molecule has 1 aromatic carbocycles. The summed E-state index contributed by atoms with van der Waals surface area (Å²) >= 11 is 0. The lowest BCUT2D eigenvalue weighted by Gasteiger charge is -2.28. The van der Waals surface area contributed by atoms with Gasteiger partial charge in [0.2, 0.25) is 0 Å². The number of halogens is 1. The Morgan fingerprint density at radius 1 is 1.18 bits per heavy atom. The first-order chi connectivity index (χ1) is 10.3. The van der Waals surface area contributed by atoms with Crippen molar-refractivity contribution in [1.82, 2.24) is 10.2 Å². The molecule has 0 bridgehead atoms. The van der Waals surface area contributed by atoms with Crippen LogP contribution in [0.3, 0.4) is 0 Å². The van der Waals surface area contributed by atoms with Crippen LogP contribution >= 0.6 is 12.4 Å². The van der Waals surface area contributed by atoms with E-state index in [9.17, 15) is 0 Å². The van der Waals surface area contributed by atoms with Crippen molar-refractivity contribution in [2.24, 2.45) is 5.92 Å². The van der Waals surface area contributed by atoms with Crippen LogP contribution in [0.1, 0.15) is 38.2 Å². The second-order valence-corrected chi connectivity index (χ2v) is 6.52. The predicted octanol–water partition coefficient (Wildman–Crippen LogP) is 3.47. The zero-order valence-electron chi connectivity index (χ0n) is 13.6. The number of rotatable bonds is 8. The summed E-state index contributed by atoms with van der Waals surface area (Å²) in [5.41, 5.74) is 1.40. The van der Waals surface area contributed by atoms with Crippen LogP contribution in [0.25, 0.3) is 0 Å². The summed E-state index contributed by atoms with van der Waals surface area (Å²) in [5.74, 6) is 1.84. The van der Waals surface area contributed by atoms with Crippen LogP contribution in [-0.2, 0) is 6.54 Å². The quantitative estimate of drug-likeness (QED) is 0.792. The molecule has 1 atom stereocenters. The van der Waals surface area contributed by atoms with Crippen LogP contribution in [0.5, 0.6) is 5.75 Å². The van der Waals surface area contributed by atoms with E-state index in [1.807, 2.05) is 0 Å². The number of hydrogen-bond donors (Lipinski definition) is 1. The molecule has 4 heteroatoms. The van der Waals surface area contributed by atoms with E-state index in [4.69, 9.17) is 4.74 Å². The van der Waals surface area contributed by atoms with Gasteiger partial charge < -0.3 is 10.1 Å². The molecule has 0 aromatic heterocycles. The largest absolute Gasteiger partial charge is 0.493 e. The van der Waals surface area contributed by atoms with Crippen molar-refractivity contribution < 1.29 is 4.74 Å². The zero-order valence-corrected chi connectivity index (χ0v) is 14.4. The monoisotopic (exact) mass is 324 g/mol. The van der Waals surface area contributed by atoms with Crippen molar-refractivity contribution in [2.75, 3.05) is 26.2 Å². The lowest BCUT2D eigenvalue weighted by molar-refractivity contribution is 0.199. The first kappa shape index (κ1) is 17.6.